The molecule has 0 saturated carbocycles. The van der Waals surface area contributed by atoms with E-state index >= 15 is 0 Å². The van der Waals surface area contributed by atoms with Gasteiger partial charge in [0.25, 0.3) is 0 Å². The number of rotatable bonds is 9. The van der Waals surface area contributed by atoms with Gasteiger partial charge in [0.1, 0.15) is 10.1 Å². The summed E-state index contributed by atoms with van der Waals surface area (Å²) in [5.41, 5.74) is -0.471. The Morgan fingerprint density at radius 1 is 1.25 bits per heavy atom. The predicted molar refractivity (Wildman–Crippen MR) is 76.1 cm³/mol. The SMILES string of the molecule is CCC(C)(C)C(=O)OCCC[N+](C)(C)CCS(=O)(=O)[O-]. The predicted octanol–water partition coefficient (Wildman–Crippen LogP) is 0.978. The van der Waals surface area contributed by atoms with E-state index in [1.54, 1.807) is 0 Å². The van der Waals surface area contributed by atoms with Gasteiger partial charge in [-0.25, -0.2) is 8.42 Å². The van der Waals surface area contributed by atoms with Crippen LogP contribution in [0.2, 0.25) is 0 Å². The third-order valence-corrected chi connectivity index (χ3v) is 4.21. The highest BCUT2D eigenvalue weighted by Crippen LogP contribution is 2.21. The van der Waals surface area contributed by atoms with Crippen LogP contribution in [0, 0.1) is 5.41 Å². The number of nitrogens with zero attached hydrogens (tertiary/aromatic N) is 1. The van der Waals surface area contributed by atoms with Crippen molar-refractivity contribution < 1.29 is 27.0 Å². The lowest BCUT2D eigenvalue weighted by Crippen LogP contribution is -2.44. The van der Waals surface area contributed by atoms with E-state index in [-0.39, 0.29) is 18.3 Å². The molecule has 0 fully saturated rings. The molecule has 0 unspecified atom stereocenters. The van der Waals surface area contributed by atoms with Gasteiger partial charge in [-0.15, -0.1) is 0 Å². The van der Waals surface area contributed by atoms with Gasteiger partial charge in [0.15, 0.2) is 0 Å². The van der Waals surface area contributed by atoms with E-state index < -0.39 is 15.5 Å². The van der Waals surface area contributed by atoms with Crippen LogP contribution >= 0.6 is 0 Å². The molecule has 0 amide bonds. The molecule has 120 valence electrons. The van der Waals surface area contributed by atoms with Crippen LogP contribution in [-0.4, -0.2) is 63.0 Å². The summed E-state index contributed by atoms with van der Waals surface area (Å²) in [5, 5.41) is 0. The van der Waals surface area contributed by atoms with E-state index in [4.69, 9.17) is 4.74 Å². The van der Waals surface area contributed by atoms with Gasteiger partial charge in [-0.05, 0) is 20.3 Å². The maximum absolute atomic E-state index is 11.7. The Labute approximate surface area is 122 Å². The molecular formula is C13H27NO5S. The number of carbonyl (C=O) groups is 1. The number of esters is 1. The van der Waals surface area contributed by atoms with Crippen molar-refractivity contribution in [1.82, 2.24) is 0 Å². The minimum Gasteiger partial charge on any atom is -0.748 e. The summed E-state index contributed by atoms with van der Waals surface area (Å²) in [6.07, 6.45) is 1.35. The molecule has 20 heavy (non-hydrogen) atoms. The lowest BCUT2D eigenvalue weighted by Gasteiger charge is -2.30. The average Bonchev–Trinajstić information content (AvgIpc) is 2.31. The minimum atomic E-state index is -4.18. The number of carbonyl (C=O) groups excluding carboxylic acids is 1. The van der Waals surface area contributed by atoms with Gasteiger partial charge in [-0.3, -0.25) is 4.79 Å². The molecule has 0 atom stereocenters. The maximum atomic E-state index is 11.7. The first-order valence-electron chi connectivity index (χ1n) is 6.82. The van der Waals surface area contributed by atoms with E-state index in [1.165, 1.54) is 0 Å². The molecule has 0 aliphatic rings. The summed E-state index contributed by atoms with van der Waals surface area (Å²) in [4.78, 5) is 11.7. The summed E-state index contributed by atoms with van der Waals surface area (Å²) < 4.78 is 37.4. The normalized spacial score (nSPS) is 13.3. The van der Waals surface area contributed by atoms with E-state index in [9.17, 15) is 17.8 Å². The lowest BCUT2D eigenvalue weighted by molar-refractivity contribution is -0.888. The number of hydrogen-bond acceptors (Lipinski definition) is 5. The highest BCUT2D eigenvalue weighted by molar-refractivity contribution is 7.85. The van der Waals surface area contributed by atoms with Crippen molar-refractivity contribution >= 4 is 16.1 Å². The molecule has 0 rings (SSSR count). The van der Waals surface area contributed by atoms with Crippen LogP contribution in [0.3, 0.4) is 0 Å². The van der Waals surface area contributed by atoms with Gasteiger partial charge >= 0.3 is 5.97 Å². The molecule has 0 aliphatic heterocycles. The fraction of sp³-hybridized carbons (Fsp3) is 0.923. The third-order valence-electron chi connectivity index (χ3n) is 3.52. The zero-order chi connectivity index (χ0) is 16.0. The maximum Gasteiger partial charge on any atom is 0.311 e. The quantitative estimate of drug-likeness (QED) is 0.274. The first kappa shape index (κ1) is 19.3. The Morgan fingerprint density at radius 3 is 2.25 bits per heavy atom. The van der Waals surface area contributed by atoms with Gasteiger partial charge in [0.05, 0.1) is 45.0 Å². The fourth-order valence-electron chi connectivity index (χ4n) is 1.47. The van der Waals surface area contributed by atoms with Gasteiger partial charge in [-0.1, -0.05) is 6.92 Å². The van der Waals surface area contributed by atoms with Gasteiger partial charge < -0.3 is 13.8 Å². The molecule has 0 spiro atoms. The van der Waals surface area contributed by atoms with Crippen molar-refractivity contribution in [2.45, 2.75) is 33.6 Å². The smallest absolute Gasteiger partial charge is 0.311 e. The van der Waals surface area contributed by atoms with E-state index in [0.29, 0.717) is 24.1 Å². The first-order chi connectivity index (χ1) is 8.90. The lowest BCUT2D eigenvalue weighted by atomic mass is 9.91. The van der Waals surface area contributed by atoms with Crippen LogP contribution in [0.15, 0.2) is 0 Å². The Balaban J connectivity index is 4.03. The van der Waals surface area contributed by atoms with E-state index in [0.717, 1.165) is 6.42 Å². The fourth-order valence-corrected chi connectivity index (χ4v) is 2.19. The molecule has 0 N–H and O–H groups in total. The monoisotopic (exact) mass is 309 g/mol. The molecule has 0 aromatic rings. The van der Waals surface area contributed by atoms with Crippen molar-refractivity contribution in [3.8, 4) is 0 Å². The van der Waals surface area contributed by atoms with Gasteiger partial charge in [0.2, 0.25) is 0 Å². The molecule has 0 saturated heterocycles. The largest absolute Gasteiger partial charge is 0.748 e. The van der Waals surface area contributed by atoms with Gasteiger partial charge in [-0.2, -0.15) is 0 Å². The number of ether oxygens (including phenoxy) is 1. The van der Waals surface area contributed by atoms with Crippen molar-refractivity contribution in [2.75, 3.05) is 39.5 Å². The second kappa shape index (κ2) is 7.38. The highest BCUT2D eigenvalue weighted by Gasteiger charge is 2.27. The molecule has 0 bridgehead atoms. The Kier molecular flexibility index (Phi) is 7.13. The molecule has 0 aromatic heterocycles. The summed E-state index contributed by atoms with van der Waals surface area (Å²) in [6, 6.07) is 0. The Bertz CT molecular complexity index is 414. The zero-order valence-corrected chi connectivity index (χ0v) is 14.0. The molecule has 0 aliphatic carbocycles. The van der Waals surface area contributed by atoms with Crippen molar-refractivity contribution in [3.63, 3.8) is 0 Å². The van der Waals surface area contributed by atoms with Crippen LogP contribution in [0.1, 0.15) is 33.6 Å². The molecular weight excluding hydrogens is 282 g/mol. The Morgan fingerprint density at radius 2 is 1.80 bits per heavy atom. The summed E-state index contributed by atoms with van der Waals surface area (Å²) in [5.74, 6) is -0.588. The second-order valence-corrected chi connectivity index (χ2v) is 7.90. The summed E-state index contributed by atoms with van der Waals surface area (Å²) in [6.45, 7) is 6.84. The van der Waals surface area contributed by atoms with Gasteiger partial charge in [0, 0.05) is 6.42 Å². The van der Waals surface area contributed by atoms with E-state index in [1.807, 2.05) is 34.9 Å². The third kappa shape index (κ3) is 8.50. The van der Waals surface area contributed by atoms with Crippen LogP contribution in [0.25, 0.3) is 0 Å². The minimum absolute atomic E-state index is 0.215. The van der Waals surface area contributed by atoms with Crippen molar-refractivity contribution in [2.24, 2.45) is 5.41 Å². The van der Waals surface area contributed by atoms with Crippen LogP contribution in [0.4, 0.5) is 0 Å². The molecule has 7 heteroatoms. The summed E-state index contributed by atoms with van der Waals surface area (Å²) in [7, 11) is -0.475. The average molecular weight is 309 g/mol. The molecule has 0 aromatic carbocycles. The van der Waals surface area contributed by atoms with Crippen molar-refractivity contribution in [3.05, 3.63) is 0 Å². The topological polar surface area (TPSA) is 83.5 Å². The highest BCUT2D eigenvalue weighted by atomic mass is 32.2. The first-order valence-corrected chi connectivity index (χ1v) is 8.40. The number of hydrogen-bond donors (Lipinski definition) is 0. The van der Waals surface area contributed by atoms with E-state index in [2.05, 4.69) is 0 Å². The molecule has 0 radical (unpaired) electrons. The van der Waals surface area contributed by atoms with Crippen LogP contribution in [-0.2, 0) is 19.6 Å². The summed E-state index contributed by atoms with van der Waals surface area (Å²) >= 11 is 0. The Hall–Kier alpha value is -0.660. The number of quaternary nitrogens is 1. The van der Waals surface area contributed by atoms with Crippen LogP contribution in [0.5, 0.6) is 0 Å². The molecule has 0 heterocycles. The second-order valence-electron chi connectivity index (χ2n) is 6.37. The zero-order valence-electron chi connectivity index (χ0n) is 13.1. The van der Waals surface area contributed by atoms with Crippen LogP contribution < -0.4 is 0 Å². The molecule has 6 nitrogen and oxygen atoms in total. The standard InChI is InChI=1S/C13H27NO5S/c1-6-13(2,3)12(15)19-10-7-8-14(4,5)9-11-20(16,17)18/h6-11H2,1-5H3. The van der Waals surface area contributed by atoms with Crippen molar-refractivity contribution in [1.29, 1.82) is 0 Å².